The number of halogens is 1. The van der Waals surface area contributed by atoms with E-state index in [1.54, 1.807) is 13.0 Å². The van der Waals surface area contributed by atoms with E-state index in [4.69, 9.17) is 19.0 Å². The van der Waals surface area contributed by atoms with Gasteiger partial charge in [0.15, 0.2) is 29.9 Å². The minimum Gasteiger partial charge on any atom is -0.457 e. The second-order valence-electron chi connectivity index (χ2n) is 14.8. The first-order valence-electron chi connectivity index (χ1n) is 17.0. The number of rotatable bonds is 9. The van der Waals surface area contributed by atoms with Gasteiger partial charge >= 0.3 is 11.9 Å². The number of nitrogens with zero attached hydrogens (tertiary/aromatic N) is 1. The van der Waals surface area contributed by atoms with Gasteiger partial charge in [-0.2, -0.15) is 0 Å². The fourth-order valence-corrected chi connectivity index (χ4v) is 9.51. The summed E-state index contributed by atoms with van der Waals surface area (Å²) < 4.78 is 36.0. The number of aliphatic hydroxyl groups excluding tert-OH is 1. The summed E-state index contributed by atoms with van der Waals surface area (Å²) in [6, 6.07) is 0. The largest absolute Gasteiger partial charge is 0.457 e. The van der Waals surface area contributed by atoms with Gasteiger partial charge in [-0.05, 0) is 57.1 Å². The number of alkyl halides is 1. The maximum atomic E-state index is 17.7. The van der Waals surface area contributed by atoms with E-state index in [-0.39, 0.29) is 25.0 Å². The number of hydroxylamine groups is 2. The van der Waals surface area contributed by atoms with Crippen LogP contribution in [0.15, 0.2) is 23.8 Å². The minimum absolute atomic E-state index is 0.0762. The van der Waals surface area contributed by atoms with Crippen LogP contribution in [0.1, 0.15) is 86.0 Å². The van der Waals surface area contributed by atoms with Crippen LogP contribution < -0.4 is 0 Å². The summed E-state index contributed by atoms with van der Waals surface area (Å²) in [5.41, 5.74) is -5.40. The molecule has 0 aromatic rings. The summed E-state index contributed by atoms with van der Waals surface area (Å²) in [4.78, 5) is 81.0. The van der Waals surface area contributed by atoms with Crippen molar-refractivity contribution in [1.82, 2.24) is 5.06 Å². The fourth-order valence-electron chi connectivity index (χ4n) is 9.51. The molecule has 6 aliphatic rings. The number of imide groups is 1. The summed E-state index contributed by atoms with van der Waals surface area (Å²) in [5, 5.41) is 12.2. The number of amides is 2. The molecule has 6 rings (SSSR count). The number of ether oxygens (including phenoxy) is 3. The number of carbonyl (C=O) groups excluding carboxylic acids is 6. The summed E-state index contributed by atoms with van der Waals surface area (Å²) in [6.07, 6.45) is 3.43. The van der Waals surface area contributed by atoms with E-state index in [1.807, 2.05) is 13.8 Å². The third-order valence-corrected chi connectivity index (χ3v) is 12.4. The van der Waals surface area contributed by atoms with E-state index in [1.165, 1.54) is 26.0 Å². The Labute approximate surface area is 278 Å². The number of Topliss-reactive ketones (excluding diaryl/α,β-unsaturated/α-hetero) is 1. The number of aliphatic hydroxyl groups is 1. The highest BCUT2D eigenvalue weighted by Gasteiger charge is 2.79. The zero-order valence-corrected chi connectivity index (χ0v) is 28.0. The lowest BCUT2D eigenvalue weighted by molar-refractivity contribution is -0.231. The van der Waals surface area contributed by atoms with Crippen LogP contribution in [0.4, 0.5) is 4.39 Å². The molecule has 2 saturated heterocycles. The van der Waals surface area contributed by atoms with Gasteiger partial charge in [-0.3, -0.25) is 24.0 Å². The van der Waals surface area contributed by atoms with Crippen molar-refractivity contribution in [3.63, 3.8) is 0 Å². The third-order valence-electron chi connectivity index (χ3n) is 12.4. The second-order valence-corrected chi connectivity index (χ2v) is 14.8. The Morgan fingerprint density at radius 1 is 1.06 bits per heavy atom. The lowest BCUT2D eigenvalue weighted by atomic mass is 9.44. The topological polar surface area (TPSA) is 163 Å². The van der Waals surface area contributed by atoms with Crippen molar-refractivity contribution in [2.24, 2.45) is 34.5 Å². The summed E-state index contributed by atoms with van der Waals surface area (Å²) in [5.74, 6) is -7.29. The Kier molecular flexibility index (Phi) is 8.60. The SMILES string of the molecule is CCCC1O[C@@H]2C[C@H]3[C@@H]4CCC5=CC(=O)C=C[C@]5(C)[C@@]4(F)[C@@H](O)C[C@]3(C)[C@]2(C(=O)COC(=O)C(C)C(C)C(=O)ON2C(=O)CCC2=O)O1. The Hall–Kier alpha value is -3.29. The average Bonchev–Trinajstić information content (AvgIpc) is 3.65. The standard InChI is InChI=1S/C35H44FNO11/c1-6-7-29-46-26-15-23-22-9-8-20-14-21(38)12-13-32(20,4)34(22,36)24(39)16-33(23,5)35(26,47-29)25(40)17-45-30(43)18(2)19(3)31(44)48-37-27(41)10-11-28(37)42/h12-14,18-19,22-24,26,29,39H,6-11,15-17H2,1-5H3/t18?,19?,22-,23-,24-,26+,29?,32-,33-,34-,35+/m0/s1. The lowest BCUT2D eigenvalue weighted by Gasteiger charge is -2.62. The number of carbonyl (C=O) groups is 6. The monoisotopic (exact) mass is 673 g/mol. The van der Waals surface area contributed by atoms with Crippen molar-refractivity contribution in [3.05, 3.63) is 23.8 Å². The average molecular weight is 674 g/mol. The number of ketones is 2. The van der Waals surface area contributed by atoms with Gasteiger partial charge in [0.1, 0.15) is 0 Å². The number of fused-ring (bicyclic) bond motifs is 7. The molecule has 4 aliphatic carbocycles. The van der Waals surface area contributed by atoms with Crippen molar-refractivity contribution in [3.8, 4) is 0 Å². The molecule has 12 nitrogen and oxygen atoms in total. The molecule has 3 saturated carbocycles. The zero-order chi connectivity index (χ0) is 35.0. The summed E-state index contributed by atoms with van der Waals surface area (Å²) in [6.45, 7) is 7.57. The third kappa shape index (κ3) is 4.78. The van der Waals surface area contributed by atoms with Gasteiger partial charge in [0.05, 0.1) is 24.0 Å². The Bertz CT molecular complexity index is 1490. The highest BCUT2D eigenvalue weighted by atomic mass is 19.1. The number of allylic oxidation sites excluding steroid dienone is 4. The summed E-state index contributed by atoms with van der Waals surface area (Å²) in [7, 11) is 0. The van der Waals surface area contributed by atoms with Crippen LogP contribution in [0.3, 0.4) is 0 Å². The van der Waals surface area contributed by atoms with Crippen LogP contribution in [-0.4, -0.2) is 81.9 Å². The molecule has 0 aromatic heterocycles. The molecule has 2 aliphatic heterocycles. The maximum absolute atomic E-state index is 17.7. The molecule has 0 bridgehead atoms. The molecule has 0 aromatic carbocycles. The number of esters is 1. The number of hydrogen-bond acceptors (Lipinski definition) is 11. The molecule has 13 heteroatoms. The van der Waals surface area contributed by atoms with Crippen molar-refractivity contribution in [2.75, 3.05) is 6.61 Å². The van der Waals surface area contributed by atoms with Crippen LogP contribution >= 0.6 is 0 Å². The first kappa shape index (κ1) is 34.6. The van der Waals surface area contributed by atoms with E-state index < -0.39 is 100 Å². The normalized spacial score (nSPS) is 41.1. The van der Waals surface area contributed by atoms with Crippen LogP contribution in [0, 0.1) is 34.5 Å². The maximum Gasteiger partial charge on any atom is 0.336 e. The van der Waals surface area contributed by atoms with Gasteiger partial charge in [-0.15, -0.1) is 5.06 Å². The zero-order valence-electron chi connectivity index (χ0n) is 28.0. The highest BCUT2D eigenvalue weighted by Crippen LogP contribution is 2.71. The molecule has 2 amide bonds. The van der Waals surface area contributed by atoms with Crippen molar-refractivity contribution < 1.29 is 57.3 Å². The Balaban J connectivity index is 1.23. The quantitative estimate of drug-likeness (QED) is 0.282. The van der Waals surface area contributed by atoms with E-state index in [0.717, 1.165) is 0 Å². The van der Waals surface area contributed by atoms with Gasteiger partial charge in [0, 0.05) is 29.6 Å². The van der Waals surface area contributed by atoms with Gasteiger partial charge < -0.3 is 24.2 Å². The van der Waals surface area contributed by atoms with E-state index in [2.05, 4.69) is 0 Å². The smallest absolute Gasteiger partial charge is 0.336 e. The molecule has 3 unspecified atom stereocenters. The van der Waals surface area contributed by atoms with Gasteiger partial charge in [-0.1, -0.05) is 45.8 Å². The van der Waals surface area contributed by atoms with Gasteiger partial charge in [0.2, 0.25) is 5.78 Å². The fraction of sp³-hybridized carbons (Fsp3) is 0.714. The molecule has 262 valence electrons. The first-order chi connectivity index (χ1) is 22.5. The Morgan fingerprint density at radius 3 is 2.40 bits per heavy atom. The molecule has 11 atom stereocenters. The molecular weight excluding hydrogens is 629 g/mol. The molecule has 0 radical (unpaired) electrons. The van der Waals surface area contributed by atoms with Crippen LogP contribution in [0.2, 0.25) is 0 Å². The van der Waals surface area contributed by atoms with Crippen molar-refractivity contribution >= 4 is 35.3 Å². The van der Waals surface area contributed by atoms with Gasteiger partial charge in [0.25, 0.3) is 11.8 Å². The minimum atomic E-state index is -2.11. The van der Waals surface area contributed by atoms with Crippen LogP contribution in [-0.2, 0) is 47.8 Å². The Morgan fingerprint density at radius 2 is 1.73 bits per heavy atom. The number of hydrogen-bond donors (Lipinski definition) is 1. The van der Waals surface area contributed by atoms with E-state index in [0.29, 0.717) is 42.7 Å². The molecule has 0 spiro atoms. The van der Waals surface area contributed by atoms with Crippen molar-refractivity contribution in [1.29, 1.82) is 0 Å². The predicted molar refractivity (Wildman–Crippen MR) is 163 cm³/mol. The highest BCUT2D eigenvalue weighted by molar-refractivity contribution is 6.02. The van der Waals surface area contributed by atoms with Crippen LogP contribution in [0.5, 0.6) is 0 Å². The van der Waals surface area contributed by atoms with Crippen molar-refractivity contribution in [2.45, 2.75) is 116 Å². The second kappa shape index (κ2) is 11.9. The van der Waals surface area contributed by atoms with E-state index >= 15 is 4.39 Å². The van der Waals surface area contributed by atoms with E-state index in [9.17, 15) is 33.9 Å². The summed E-state index contributed by atoms with van der Waals surface area (Å²) >= 11 is 0. The predicted octanol–water partition coefficient (Wildman–Crippen LogP) is 3.24. The molecule has 5 fully saturated rings. The molecular formula is C35H44FNO11. The molecule has 1 N–H and O–H groups in total. The molecule has 48 heavy (non-hydrogen) atoms. The van der Waals surface area contributed by atoms with Gasteiger partial charge in [-0.25, -0.2) is 9.18 Å². The first-order valence-corrected chi connectivity index (χ1v) is 17.0. The lowest BCUT2D eigenvalue weighted by Crippen LogP contribution is -2.69. The molecule has 2 heterocycles. The van der Waals surface area contributed by atoms with Crippen LogP contribution in [0.25, 0.3) is 0 Å².